The highest BCUT2D eigenvalue weighted by Gasteiger charge is 2.19. The van der Waals surface area contributed by atoms with Gasteiger partial charge in [-0.05, 0) is 54.3 Å². The summed E-state index contributed by atoms with van der Waals surface area (Å²) in [7, 11) is 1.70. The van der Waals surface area contributed by atoms with Crippen molar-refractivity contribution in [1.29, 1.82) is 0 Å². The van der Waals surface area contributed by atoms with Crippen molar-refractivity contribution in [1.82, 2.24) is 0 Å². The van der Waals surface area contributed by atoms with Gasteiger partial charge in [0, 0.05) is 20.0 Å². The van der Waals surface area contributed by atoms with Crippen molar-refractivity contribution >= 4 is 17.3 Å². The van der Waals surface area contributed by atoms with Crippen molar-refractivity contribution in [3.63, 3.8) is 0 Å². The van der Waals surface area contributed by atoms with Crippen LogP contribution in [-0.2, 0) is 17.8 Å². The molecule has 0 aromatic heterocycles. The molecule has 0 bridgehead atoms. The predicted octanol–water partition coefficient (Wildman–Crippen LogP) is 3.52. The Bertz CT molecular complexity index is 740. The van der Waals surface area contributed by atoms with Gasteiger partial charge in [0.25, 0.3) is 0 Å². The van der Waals surface area contributed by atoms with Crippen LogP contribution in [0.15, 0.2) is 36.4 Å². The van der Waals surface area contributed by atoms with E-state index in [0.29, 0.717) is 0 Å². The van der Waals surface area contributed by atoms with Crippen molar-refractivity contribution in [2.45, 2.75) is 26.8 Å². The Labute approximate surface area is 137 Å². The third-order valence-electron chi connectivity index (χ3n) is 4.23. The van der Waals surface area contributed by atoms with E-state index in [-0.39, 0.29) is 5.91 Å². The minimum absolute atomic E-state index is 0.0426. The summed E-state index contributed by atoms with van der Waals surface area (Å²) in [6, 6.07) is 12.5. The number of benzene rings is 2. The number of ether oxygens (including phenoxy) is 1. The summed E-state index contributed by atoms with van der Waals surface area (Å²) in [6.45, 7) is 5.35. The Kier molecular flexibility index (Phi) is 4.24. The number of fused-ring (bicyclic) bond motifs is 1. The van der Waals surface area contributed by atoms with Crippen LogP contribution in [-0.4, -0.2) is 19.6 Å². The lowest BCUT2D eigenvalue weighted by atomic mass is 9.98. The first-order valence-corrected chi connectivity index (χ1v) is 7.86. The van der Waals surface area contributed by atoms with Crippen molar-refractivity contribution in [2.24, 2.45) is 0 Å². The first kappa shape index (κ1) is 15.4. The van der Waals surface area contributed by atoms with Crippen LogP contribution in [0.2, 0.25) is 0 Å². The fourth-order valence-electron chi connectivity index (χ4n) is 3.08. The molecule has 4 heteroatoms. The molecule has 0 aliphatic carbocycles. The molecule has 4 nitrogen and oxygen atoms in total. The Balaban J connectivity index is 1.90. The lowest BCUT2D eigenvalue weighted by molar-refractivity contribution is -0.114. The largest absolute Gasteiger partial charge is 0.497 e. The van der Waals surface area contributed by atoms with Crippen LogP contribution in [0, 0.1) is 6.92 Å². The quantitative estimate of drug-likeness (QED) is 0.943. The summed E-state index contributed by atoms with van der Waals surface area (Å²) < 4.78 is 5.31. The summed E-state index contributed by atoms with van der Waals surface area (Å²) >= 11 is 0. The third kappa shape index (κ3) is 3.31. The molecule has 120 valence electrons. The number of rotatable bonds is 3. The summed E-state index contributed by atoms with van der Waals surface area (Å²) in [4.78, 5) is 13.8. The average Bonchev–Trinajstić information content (AvgIpc) is 2.53. The van der Waals surface area contributed by atoms with Crippen LogP contribution in [0.3, 0.4) is 0 Å². The molecule has 2 aromatic rings. The normalized spacial score (nSPS) is 13.4. The van der Waals surface area contributed by atoms with E-state index in [0.717, 1.165) is 42.2 Å². The van der Waals surface area contributed by atoms with E-state index in [9.17, 15) is 4.79 Å². The zero-order chi connectivity index (χ0) is 16.4. The van der Waals surface area contributed by atoms with E-state index in [4.69, 9.17) is 4.74 Å². The minimum Gasteiger partial charge on any atom is -0.497 e. The zero-order valence-corrected chi connectivity index (χ0v) is 13.8. The second-order valence-electron chi connectivity index (χ2n) is 6.01. The lowest BCUT2D eigenvalue weighted by Gasteiger charge is -2.32. The fraction of sp³-hybridized carbons (Fsp3) is 0.316. The van der Waals surface area contributed by atoms with Gasteiger partial charge in [0.1, 0.15) is 5.75 Å². The highest BCUT2D eigenvalue weighted by Crippen LogP contribution is 2.32. The summed E-state index contributed by atoms with van der Waals surface area (Å²) in [6.07, 6.45) is 0.972. The number of methoxy groups -OCH3 is 1. The Morgan fingerprint density at radius 3 is 2.74 bits per heavy atom. The van der Waals surface area contributed by atoms with E-state index in [1.54, 1.807) is 14.0 Å². The highest BCUT2D eigenvalue weighted by atomic mass is 16.5. The molecule has 1 aliphatic heterocycles. The molecule has 1 heterocycles. The Morgan fingerprint density at radius 2 is 2.00 bits per heavy atom. The number of carbonyl (C=O) groups excluding carboxylic acids is 1. The van der Waals surface area contributed by atoms with Gasteiger partial charge < -0.3 is 15.0 Å². The number of hydrogen-bond donors (Lipinski definition) is 1. The lowest BCUT2D eigenvalue weighted by Crippen LogP contribution is -2.31. The highest BCUT2D eigenvalue weighted by molar-refractivity contribution is 5.93. The van der Waals surface area contributed by atoms with Crippen LogP contribution in [0.4, 0.5) is 11.4 Å². The van der Waals surface area contributed by atoms with Gasteiger partial charge in [0.2, 0.25) is 5.91 Å². The Morgan fingerprint density at radius 1 is 1.17 bits per heavy atom. The molecule has 0 atom stereocenters. The molecule has 0 unspecified atom stereocenters. The molecule has 0 spiro atoms. The van der Waals surface area contributed by atoms with Gasteiger partial charge in [0.05, 0.1) is 18.5 Å². The minimum atomic E-state index is -0.0426. The Hall–Kier alpha value is -2.49. The molecule has 0 fully saturated rings. The fourth-order valence-corrected chi connectivity index (χ4v) is 3.08. The molecule has 0 saturated heterocycles. The van der Waals surface area contributed by atoms with Gasteiger partial charge in [-0.25, -0.2) is 0 Å². The van der Waals surface area contributed by atoms with E-state index in [1.165, 1.54) is 11.1 Å². The molecule has 2 aromatic carbocycles. The molecule has 23 heavy (non-hydrogen) atoms. The summed E-state index contributed by atoms with van der Waals surface area (Å²) in [5.41, 5.74) is 5.75. The second-order valence-corrected chi connectivity index (χ2v) is 6.01. The summed E-state index contributed by atoms with van der Waals surface area (Å²) in [5, 5.41) is 2.95. The molecular formula is C19H22N2O2. The van der Waals surface area contributed by atoms with Crippen LogP contribution in [0.1, 0.15) is 23.6 Å². The maximum atomic E-state index is 11.5. The first-order valence-electron chi connectivity index (χ1n) is 7.86. The van der Waals surface area contributed by atoms with E-state index < -0.39 is 0 Å². The SMILES string of the molecule is COc1ccc2c(c1)CCN(c1ccc(C)cc1NC(C)=O)C2. The van der Waals surface area contributed by atoms with Crippen LogP contribution in [0.25, 0.3) is 0 Å². The molecular weight excluding hydrogens is 288 g/mol. The topological polar surface area (TPSA) is 41.6 Å². The van der Waals surface area contributed by atoms with E-state index in [2.05, 4.69) is 34.5 Å². The molecule has 1 N–H and O–H groups in total. The summed E-state index contributed by atoms with van der Waals surface area (Å²) in [5.74, 6) is 0.866. The van der Waals surface area contributed by atoms with Crippen molar-refractivity contribution in [3.8, 4) is 5.75 Å². The van der Waals surface area contributed by atoms with Gasteiger partial charge in [-0.3, -0.25) is 4.79 Å². The molecule has 3 rings (SSSR count). The standard InChI is InChI=1S/C19H22N2O2/c1-13-4-7-19(18(10-13)20-14(2)22)21-9-8-15-11-17(23-3)6-5-16(15)12-21/h4-7,10-11H,8-9,12H2,1-3H3,(H,20,22). The maximum absolute atomic E-state index is 11.5. The number of aryl methyl sites for hydroxylation is 1. The van der Waals surface area contributed by atoms with E-state index in [1.807, 2.05) is 19.1 Å². The van der Waals surface area contributed by atoms with Gasteiger partial charge in [-0.2, -0.15) is 0 Å². The zero-order valence-electron chi connectivity index (χ0n) is 13.8. The number of anilines is 2. The molecule has 0 radical (unpaired) electrons. The molecule has 1 amide bonds. The monoisotopic (exact) mass is 310 g/mol. The average molecular weight is 310 g/mol. The maximum Gasteiger partial charge on any atom is 0.221 e. The van der Waals surface area contributed by atoms with Crippen LogP contribution >= 0.6 is 0 Å². The predicted molar refractivity (Wildman–Crippen MR) is 93.2 cm³/mol. The van der Waals surface area contributed by atoms with E-state index >= 15 is 0 Å². The van der Waals surface area contributed by atoms with Crippen molar-refractivity contribution in [2.75, 3.05) is 23.9 Å². The van der Waals surface area contributed by atoms with Crippen molar-refractivity contribution in [3.05, 3.63) is 53.1 Å². The smallest absolute Gasteiger partial charge is 0.221 e. The van der Waals surface area contributed by atoms with Crippen molar-refractivity contribution < 1.29 is 9.53 Å². The number of nitrogens with zero attached hydrogens (tertiary/aromatic N) is 1. The first-order chi connectivity index (χ1) is 11.1. The molecule has 0 saturated carbocycles. The van der Waals surface area contributed by atoms with Gasteiger partial charge in [0.15, 0.2) is 0 Å². The van der Waals surface area contributed by atoms with Gasteiger partial charge >= 0.3 is 0 Å². The number of carbonyl (C=O) groups is 1. The number of amides is 1. The third-order valence-corrected chi connectivity index (χ3v) is 4.23. The van der Waals surface area contributed by atoms with Gasteiger partial charge in [-0.1, -0.05) is 12.1 Å². The van der Waals surface area contributed by atoms with Crippen LogP contribution in [0.5, 0.6) is 5.75 Å². The molecule has 1 aliphatic rings. The van der Waals surface area contributed by atoms with Gasteiger partial charge in [-0.15, -0.1) is 0 Å². The number of hydrogen-bond acceptors (Lipinski definition) is 3. The second kappa shape index (κ2) is 6.32. The van der Waals surface area contributed by atoms with Crippen LogP contribution < -0.4 is 15.0 Å². The number of nitrogens with one attached hydrogen (secondary N) is 1.